The summed E-state index contributed by atoms with van der Waals surface area (Å²) < 4.78 is 0. The van der Waals surface area contributed by atoms with E-state index in [1.54, 1.807) is 11.3 Å². The number of rotatable bonds is 2. The SMILES string of the molecule is NCc1csc(N2CCC2)n1. The van der Waals surface area contributed by atoms with E-state index in [4.69, 9.17) is 5.73 Å². The van der Waals surface area contributed by atoms with E-state index in [-0.39, 0.29) is 0 Å². The lowest BCUT2D eigenvalue weighted by Crippen LogP contribution is -2.36. The van der Waals surface area contributed by atoms with Crippen LogP contribution in [0.3, 0.4) is 0 Å². The fraction of sp³-hybridized carbons (Fsp3) is 0.571. The van der Waals surface area contributed by atoms with Gasteiger partial charge in [0.05, 0.1) is 5.69 Å². The highest BCUT2D eigenvalue weighted by molar-refractivity contribution is 7.13. The van der Waals surface area contributed by atoms with Crippen molar-refractivity contribution >= 4 is 16.5 Å². The van der Waals surface area contributed by atoms with E-state index in [1.807, 2.05) is 5.38 Å². The minimum absolute atomic E-state index is 0.560. The summed E-state index contributed by atoms with van der Waals surface area (Å²) in [6, 6.07) is 0. The van der Waals surface area contributed by atoms with Gasteiger partial charge in [-0.05, 0) is 6.42 Å². The maximum Gasteiger partial charge on any atom is 0.185 e. The molecule has 60 valence electrons. The minimum atomic E-state index is 0.560. The Bertz CT molecular complexity index is 242. The van der Waals surface area contributed by atoms with Gasteiger partial charge < -0.3 is 10.6 Å². The number of hydrogen-bond acceptors (Lipinski definition) is 4. The van der Waals surface area contributed by atoms with Crippen LogP contribution in [0.5, 0.6) is 0 Å². The maximum atomic E-state index is 5.45. The van der Waals surface area contributed by atoms with Crippen molar-refractivity contribution in [2.24, 2.45) is 5.73 Å². The first kappa shape index (κ1) is 7.06. The smallest absolute Gasteiger partial charge is 0.185 e. The highest BCUT2D eigenvalue weighted by Gasteiger charge is 2.16. The Morgan fingerprint density at radius 3 is 2.91 bits per heavy atom. The van der Waals surface area contributed by atoms with Crippen molar-refractivity contribution in [3.63, 3.8) is 0 Å². The van der Waals surface area contributed by atoms with E-state index >= 15 is 0 Å². The zero-order valence-electron chi connectivity index (χ0n) is 6.29. The molecule has 3 nitrogen and oxygen atoms in total. The molecule has 0 bridgehead atoms. The molecule has 0 atom stereocenters. The van der Waals surface area contributed by atoms with Gasteiger partial charge in [-0.3, -0.25) is 0 Å². The molecule has 0 aromatic carbocycles. The van der Waals surface area contributed by atoms with Gasteiger partial charge in [-0.25, -0.2) is 4.98 Å². The minimum Gasteiger partial charge on any atom is -0.348 e. The molecule has 2 heterocycles. The molecular weight excluding hydrogens is 158 g/mol. The average Bonchev–Trinajstić information content (AvgIpc) is 2.32. The van der Waals surface area contributed by atoms with E-state index in [0.29, 0.717) is 6.54 Å². The van der Waals surface area contributed by atoms with Crippen molar-refractivity contribution in [2.45, 2.75) is 13.0 Å². The van der Waals surface area contributed by atoms with Crippen LogP contribution in [0.4, 0.5) is 5.13 Å². The molecule has 11 heavy (non-hydrogen) atoms. The number of anilines is 1. The third-order valence-electron chi connectivity index (χ3n) is 1.88. The van der Waals surface area contributed by atoms with Gasteiger partial charge >= 0.3 is 0 Å². The second-order valence-electron chi connectivity index (χ2n) is 2.67. The molecule has 0 saturated carbocycles. The van der Waals surface area contributed by atoms with Crippen molar-refractivity contribution in [2.75, 3.05) is 18.0 Å². The van der Waals surface area contributed by atoms with Crippen LogP contribution < -0.4 is 10.6 Å². The highest BCUT2D eigenvalue weighted by Crippen LogP contribution is 2.24. The summed E-state index contributed by atoms with van der Waals surface area (Å²) in [5.74, 6) is 0. The quantitative estimate of drug-likeness (QED) is 0.712. The molecule has 0 spiro atoms. The summed E-state index contributed by atoms with van der Waals surface area (Å²) in [4.78, 5) is 6.65. The largest absolute Gasteiger partial charge is 0.348 e. The maximum absolute atomic E-state index is 5.45. The van der Waals surface area contributed by atoms with E-state index < -0.39 is 0 Å². The molecule has 0 unspecified atom stereocenters. The number of nitrogens with zero attached hydrogens (tertiary/aromatic N) is 2. The molecule has 0 radical (unpaired) electrons. The second-order valence-corrected chi connectivity index (χ2v) is 3.50. The normalized spacial score (nSPS) is 16.6. The Balaban J connectivity index is 2.11. The lowest BCUT2D eigenvalue weighted by molar-refractivity contribution is 0.615. The van der Waals surface area contributed by atoms with Crippen molar-refractivity contribution in [1.82, 2.24) is 4.98 Å². The van der Waals surface area contributed by atoms with E-state index in [1.165, 1.54) is 6.42 Å². The molecule has 1 aromatic rings. The van der Waals surface area contributed by atoms with Gasteiger partial charge in [0.25, 0.3) is 0 Å². The molecule has 1 aliphatic heterocycles. The van der Waals surface area contributed by atoms with Crippen molar-refractivity contribution in [3.8, 4) is 0 Å². The molecular formula is C7H11N3S. The Labute approximate surface area is 69.8 Å². The van der Waals surface area contributed by atoms with Crippen LogP contribution in [0.2, 0.25) is 0 Å². The molecule has 4 heteroatoms. The van der Waals surface area contributed by atoms with Crippen LogP contribution in [0.25, 0.3) is 0 Å². The summed E-state index contributed by atoms with van der Waals surface area (Å²) in [7, 11) is 0. The van der Waals surface area contributed by atoms with Crippen molar-refractivity contribution in [3.05, 3.63) is 11.1 Å². The summed E-state index contributed by atoms with van der Waals surface area (Å²) in [5.41, 5.74) is 6.46. The predicted octanol–water partition coefficient (Wildman–Crippen LogP) is 0.812. The van der Waals surface area contributed by atoms with Crippen LogP contribution >= 0.6 is 11.3 Å². The third-order valence-corrected chi connectivity index (χ3v) is 2.83. The molecule has 0 amide bonds. The fourth-order valence-electron chi connectivity index (χ4n) is 1.04. The first-order valence-electron chi connectivity index (χ1n) is 3.79. The zero-order valence-corrected chi connectivity index (χ0v) is 7.10. The average molecular weight is 169 g/mol. The van der Waals surface area contributed by atoms with Crippen molar-refractivity contribution in [1.29, 1.82) is 0 Å². The van der Waals surface area contributed by atoms with Crippen LogP contribution in [0.1, 0.15) is 12.1 Å². The van der Waals surface area contributed by atoms with E-state index in [0.717, 1.165) is 23.9 Å². The molecule has 1 fully saturated rings. The number of nitrogens with two attached hydrogens (primary N) is 1. The van der Waals surface area contributed by atoms with E-state index in [2.05, 4.69) is 9.88 Å². The summed E-state index contributed by atoms with van der Waals surface area (Å²) in [5, 5.41) is 3.17. The molecule has 2 N–H and O–H groups in total. The van der Waals surface area contributed by atoms with E-state index in [9.17, 15) is 0 Å². The Morgan fingerprint density at radius 1 is 1.64 bits per heavy atom. The summed E-state index contributed by atoms with van der Waals surface area (Å²) in [6.45, 7) is 2.89. The number of thiazole rings is 1. The van der Waals surface area contributed by atoms with Gasteiger partial charge in [0.1, 0.15) is 0 Å². The van der Waals surface area contributed by atoms with Crippen LogP contribution in [0, 0.1) is 0 Å². The second kappa shape index (κ2) is 2.79. The summed E-state index contributed by atoms with van der Waals surface area (Å²) >= 11 is 1.69. The van der Waals surface area contributed by atoms with Crippen LogP contribution in [-0.2, 0) is 6.54 Å². The van der Waals surface area contributed by atoms with Crippen LogP contribution in [0.15, 0.2) is 5.38 Å². The molecule has 1 aliphatic rings. The Kier molecular flexibility index (Phi) is 1.79. The first-order chi connectivity index (χ1) is 5.40. The lowest BCUT2D eigenvalue weighted by Gasteiger charge is -2.30. The molecule has 1 aromatic heterocycles. The molecule has 2 rings (SSSR count). The highest BCUT2D eigenvalue weighted by atomic mass is 32.1. The fourth-order valence-corrected chi connectivity index (χ4v) is 1.93. The topological polar surface area (TPSA) is 42.1 Å². The van der Waals surface area contributed by atoms with Gasteiger partial charge in [0.15, 0.2) is 5.13 Å². The van der Waals surface area contributed by atoms with Crippen molar-refractivity contribution < 1.29 is 0 Å². The van der Waals surface area contributed by atoms with Crippen LogP contribution in [-0.4, -0.2) is 18.1 Å². The number of hydrogen-bond donors (Lipinski definition) is 1. The van der Waals surface area contributed by atoms with Gasteiger partial charge in [0, 0.05) is 25.0 Å². The molecule has 1 saturated heterocycles. The first-order valence-corrected chi connectivity index (χ1v) is 4.67. The predicted molar refractivity (Wildman–Crippen MR) is 46.8 cm³/mol. The van der Waals surface area contributed by atoms with Gasteiger partial charge in [-0.2, -0.15) is 0 Å². The lowest BCUT2D eigenvalue weighted by atomic mass is 10.2. The van der Waals surface area contributed by atoms with Gasteiger partial charge in [-0.15, -0.1) is 11.3 Å². The standard InChI is InChI=1S/C7H11N3S/c8-4-6-5-11-7(9-6)10-2-1-3-10/h5H,1-4,8H2. The van der Waals surface area contributed by atoms with Gasteiger partial charge in [0.2, 0.25) is 0 Å². The zero-order chi connectivity index (χ0) is 7.68. The Morgan fingerprint density at radius 2 is 2.45 bits per heavy atom. The number of aromatic nitrogens is 1. The van der Waals surface area contributed by atoms with Gasteiger partial charge in [-0.1, -0.05) is 0 Å². The third kappa shape index (κ3) is 1.23. The monoisotopic (exact) mass is 169 g/mol. The summed E-state index contributed by atoms with van der Waals surface area (Å²) in [6.07, 6.45) is 1.30. The Hall–Kier alpha value is -0.610. The molecule has 0 aliphatic carbocycles.